The van der Waals surface area contributed by atoms with Gasteiger partial charge in [-0.1, -0.05) is 34.7 Å². The molecule has 0 aliphatic rings. The third-order valence-electron chi connectivity index (χ3n) is 3.73. The van der Waals surface area contributed by atoms with E-state index in [0.717, 1.165) is 21.6 Å². The lowest BCUT2D eigenvalue weighted by molar-refractivity contribution is -0.132. The number of benzene rings is 2. The molecule has 0 aliphatic carbocycles. The van der Waals surface area contributed by atoms with Crippen LogP contribution < -0.4 is 4.74 Å². The van der Waals surface area contributed by atoms with Crippen molar-refractivity contribution in [1.82, 2.24) is 4.98 Å². The number of hydrogen-bond donors (Lipinski definition) is 0. The minimum absolute atomic E-state index is 0.0661. The molecular formula is C19H18N2O4S. The molecule has 0 amide bonds. The molecule has 1 heterocycles. The summed E-state index contributed by atoms with van der Waals surface area (Å²) in [5, 5.41) is 4.32. The van der Waals surface area contributed by atoms with Crippen molar-refractivity contribution in [2.75, 3.05) is 14.2 Å². The molecular weight excluding hydrogens is 352 g/mol. The maximum absolute atomic E-state index is 12.1. The van der Waals surface area contributed by atoms with Gasteiger partial charge in [-0.15, -0.1) is 0 Å². The number of esters is 1. The first-order valence-corrected chi connectivity index (χ1v) is 8.69. The molecule has 3 aromatic rings. The summed E-state index contributed by atoms with van der Waals surface area (Å²) >= 11 is 1.40. The molecule has 0 fully saturated rings. The van der Waals surface area contributed by atoms with Gasteiger partial charge in [0.2, 0.25) is 0 Å². The fraction of sp³-hybridized carbons (Fsp3) is 0.211. The highest BCUT2D eigenvalue weighted by Gasteiger charge is 2.22. The first-order chi connectivity index (χ1) is 12.5. The van der Waals surface area contributed by atoms with Gasteiger partial charge in [0.25, 0.3) is 5.19 Å². The first kappa shape index (κ1) is 17.9. The van der Waals surface area contributed by atoms with E-state index in [4.69, 9.17) is 14.3 Å². The number of carbonyl (C=O) groups excluding carboxylic acids is 1. The van der Waals surface area contributed by atoms with Crippen molar-refractivity contribution in [2.45, 2.75) is 13.8 Å². The molecule has 0 unspecified atom stereocenters. The van der Waals surface area contributed by atoms with Crippen molar-refractivity contribution >= 4 is 33.2 Å². The molecule has 1 aromatic heterocycles. The molecule has 2 aromatic carbocycles. The lowest BCUT2D eigenvalue weighted by Gasteiger charge is -2.06. The molecule has 134 valence electrons. The summed E-state index contributed by atoms with van der Waals surface area (Å²) in [7, 11) is 2.68. The highest BCUT2D eigenvalue weighted by molar-refractivity contribution is 7.20. The van der Waals surface area contributed by atoms with E-state index in [1.807, 2.05) is 50.2 Å². The Bertz CT molecular complexity index is 994. The van der Waals surface area contributed by atoms with Crippen LogP contribution in [0, 0.1) is 13.8 Å². The van der Waals surface area contributed by atoms with E-state index >= 15 is 0 Å². The fourth-order valence-electron chi connectivity index (χ4n) is 2.52. The largest absolute Gasteiger partial charge is 0.464 e. The van der Waals surface area contributed by atoms with Crippen LogP contribution >= 0.6 is 11.3 Å². The summed E-state index contributed by atoms with van der Waals surface area (Å²) in [5.41, 5.74) is 3.21. The quantitative estimate of drug-likeness (QED) is 0.382. The number of oxime groups is 1. The number of thiazole rings is 1. The topological polar surface area (TPSA) is 70.0 Å². The van der Waals surface area contributed by atoms with Crippen LogP contribution in [0.4, 0.5) is 0 Å². The number of aryl methyl sites for hydroxylation is 2. The monoisotopic (exact) mass is 370 g/mol. The first-order valence-electron chi connectivity index (χ1n) is 7.88. The molecule has 0 saturated carbocycles. The van der Waals surface area contributed by atoms with Crippen molar-refractivity contribution in [3.8, 4) is 10.9 Å². The number of ether oxygens (including phenoxy) is 2. The molecule has 6 nitrogen and oxygen atoms in total. The minimum Gasteiger partial charge on any atom is -0.464 e. The van der Waals surface area contributed by atoms with Gasteiger partial charge in [0.1, 0.15) is 12.9 Å². The molecule has 7 heteroatoms. The van der Waals surface area contributed by atoms with E-state index in [0.29, 0.717) is 16.3 Å². The van der Waals surface area contributed by atoms with Gasteiger partial charge in [0.15, 0.2) is 5.71 Å². The zero-order chi connectivity index (χ0) is 18.7. The highest BCUT2D eigenvalue weighted by Crippen LogP contribution is 2.35. The Morgan fingerprint density at radius 3 is 2.62 bits per heavy atom. The second-order valence-electron chi connectivity index (χ2n) is 5.62. The molecule has 3 rings (SSSR count). The van der Waals surface area contributed by atoms with Crippen LogP contribution in [0.3, 0.4) is 0 Å². The van der Waals surface area contributed by atoms with Gasteiger partial charge in [0, 0.05) is 5.56 Å². The Morgan fingerprint density at radius 2 is 1.92 bits per heavy atom. The predicted octanol–water partition coefficient (Wildman–Crippen LogP) is 4.23. The van der Waals surface area contributed by atoms with E-state index < -0.39 is 5.97 Å². The maximum Gasteiger partial charge on any atom is 0.360 e. The van der Waals surface area contributed by atoms with Crippen molar-refractivity contribution in [3.63, 3.8) is 0 Å². The molecule has 0 saturated heterocycles. The smallest absolute Gasteiger partial charge is 0.360 e. The second-order valence-corrected chi connectivity index (χ2v) is 6.61. The van der Waals surface area contributed by atoms with Crippen LogP contribution in [-0.2, 0) is 14.4 Å². The summed E-state index contributed by atoms with van der Waals surface area (Å²) in [6, 6.07) is 11.5. The van der Waals surface area contributed by atoms with E-state index in [9.17, 15) is 4.79 Å². The number of fused-ring (bicyclic) bond motifs is 1. The fourth-order valence-corrected chi connectivity index (χ4v) is 3.47. The van der Waals surface area contributed by atoms with Crippen molar-refractivity contribution in [3.05, 3.63) is 53.1 Å². The van der Waals surface area contributed by atoms with Gasteiger partial charge in [-0.3, -0.25) is 0 Å². The summed E-state index contributed by atoms with van der Waals surface area (Å²) in [6.45, 7) is 3.91. The Balaban J connectivity index is 2.11. The number of rotatable bonds is 5. The third-order valence-corrected chi connectivity index (χ3v) is 4.61. The number of nitrogens with zero attached hydrogens (tertiary/aromatic N) is 2. The summed E-state index contributed by atoms with van der Waals surface area (Å²) in [4.78, 5) is 21.5. The number of methoxy groups -OCH3 is 1. The summed E-state index contributed by atoms with van der Waals surface area (Å²) < 4.78 is 11.6. The molecule has 0 atom stereocenters. The Hall–Kier alpha value is -2.93. The Labute approximate surface area is 155 Å². The van der Waals surface area contributed by atoms with E-state index in [1.54, 1.807) is 0 Å². The average molecular weight is 370 g/mol. The summed E-state index contributed by atoms with van der Waals surface area (Å²) in [5.74, 6) is 0.150. The van der Waals surface area contributed by atoms with Crippen LogP contribution in [0.2, 0.25) is 0 Å². The number of hydrogen-bond acceptors (Lipinski definition) is 7. The maximum atomic E-state index is 12.1. The van der Waals surface area contributed by atoms with E-state index in [1.165, 1.54) is 25.6 Å². The zero-order valence-corrected chi connectivity index (χ0v) is 15.7. The van der Waals surface area contributed by atoms with E-state index in [-0.39, 0.29) is 5.71 Å². The molecule has 0 aliphatic heterocycles. The molecule has 0 radical (unpaired) electrons. The van der Waals surface area contributed by atoms with Crippen molar-refractivity contribution < 1.29 is 19.1 Å². The lowest BCUT2D eigenvalue weighted by Crippen LogP contribution is -2.18. The Morgan fingerprint density at radius 1 is 1.15 bits per heavy atom. The van der Waals surface area contributed by atoms with Crippen LogP contribution in [0.25, 0.3) is 10.2 Å². The summed E-state index contributed by atoms with van der Waals surface area (Å²) in [6.07, 6.45) is 0. The number of para-hydroxylation sites is 1. The molecule has 26 heavy (non-hydrogen) atoms. The van der Waals surface area contributed by atoms with Crippen molar-refractivity contribution in [2.24, 2.45) is 5.16 Å². The third kappa shape index (κ3) is 3.52. The van der Waals surface area contributed by atoms with Crippen LogP contribution in [0.5, 0.6) is 10.9 Å². The minimum atomic E-state index is -0.590. The standard InChI is InChI=1S/C19H18N2O4S/c1-11-9-13(17(21-24-4)18(22)23-3)16-15(10-11)26-19(20-16)25-14-8-6-5-7-12(14)2/h5-10H,1-4H3. The lowest BCUT2D eigenvalue weighted by atomic mass is 10.1. The number of aromatic nitrogens is 1. The number of carbonyl (C=O) groups is 1. The predicted molar refractivity (Wildman–Crippen MR) is 101 cm³/mol. The van der Waals surface area contributed by atoms with E-state index in [2.05, 4.69) is 10.1 Å². The Kier molecular flexibility index (Phi) is 5.18. The van der Waals surface area contributed by atoms with Gasteiger partial charge < -0.3 is 14.3 Å². The van der Waals surface area contributed by atoms with Gasteiger partial charge in [-0.2, -0.15) is 0 Å². The van der Waals surface area contributed by atoms with Gasteiger partial charge >= 0.3 is 5.97 Å². The van der Waals surface area contributed by atoms with Gasteiger partial charge in [-0.25, -0.2) is 9.78 Å². The zero-order valence-electron chi connectivity index (χ0n) is 14.9. The van der Waals surface area contributed by atoms with Crippen LogP contribution in [-0.4, -0.2) is 30.9 Å². The highest BCUT2D eigenvalue weighted by atomic mass is 32.1. The van der Waals surface area contributed by atoms with Crippen molar-refractivity contribution in [1.29, 1.82) is 0 Å². The second kappa shape index (κ2) is 7.53. The molecule has 0 bridgehead atoms. The average Bonchev–Trinajstić information content (AvgIpc) is 3.02. The molecule has 0 spiro atoms. The molecule has 0 N–H and O–H groups in total. The van der Waals surface area contributed by atoms with Crippen LogP contribution in [0.15, 0.2) is 41.6 Å². The normalized spacial score (nSPS) is 11.5. The SMILES string of the molecule is CON=C(C(=O)OC)c1cc(C)cc2sc(Oc3ccccc3C)nc12. The van der Waals surface area contributed by atoms with Gasteiger partial charge in [0.05, 0.1) is 17.3 Å². The van der Waals surface area contributed by atoms with Gasteiger partial charge in [-0.05, 0) is 43.2 Å². The van der Waals surface area contributed by atoms with Crippen LogP contribution in [0.1, 0.15) is 16.7 Å².